The molecular formula is C26H40N6O6S2. The van der Waals surface area contributed by atoms with Crippen LogP contribution in [0.3, 0.4) is 0 Å². The van der Waals surface area contributed by atoms with Crippen molar-refractivity contribution in [2.45, 2.75) is 94.5 Å². The van der Waals surface area contributed by atoms with Crippen molar-refractivity contribution in [3.63, 3.8) is 0 Å². The van der Waals surface area contributed by atoms with E-state index in [-0.39, 0.29) is 35.1 Å². The highest BCUT2D eigenvalue weighted by atomic mass is 32.3. The van der Waals surface area contributed by atoms with Crippen LogP contribution in [0.1, 0.15) is 88.4 Å². The highest BCUT2D eigenvalue weighted by Gasteiger charge is 2.34. The lowest BCUT2D eigenvalue weighted by Gasteiger charge is -2.42. The first kappa shape index (κ1) is 33.1. The van der Waals surface area contributed by atoms with Gasteiger partial charge in [0.05, 0.1) is 0 Å². The van der Waals surface area contributed by atoms with E-state index in [9.17, 15) is 22.8 Å². The van der Waals surface area contributed by atoms with Crippen LogP contribution in [0.25, 0.3) is 0 Å². The number of urea groups is 1. The van der Waals surface area contributed by atoms with E-state index in [0.29, 0.717) is 29.2 Å². The summed E-state index contributed by atoms with van der Waals surface area (Å²) in [5.74, 6) is 0.0728. The van der Waals surface area contributed by atoms with Gasteiger partial charge in [-0.2, -0.15) is 8.42 Å². The zero-order valence-corrected chi connectivity index (χ0v) is 24.6. The van der Waals surface area contributed by atoms with Gasteiger partial charge in [-0.25, -0.2) is 4.79 Å². The summed E-state index contributed by atoms with van der Waals surface area (Å²) in [5, 5.41) is 9.90. The first-order valence-corrected chi connectivity index (χ1v) is 15.7. The lowest BCUT2D eigenvalue weighted by molar-refractivity contribution is -0.117. The Balaban J connectivity index is 0.000000329. The summed E-state index contributed by atoms with van der Waals surface area (Å²) in [6.45, 7) is 3.97. The highest BCUT2D eigenvalue weighted by Crippen LogP contribution is 2.33. The minimum atomic E-state index is -4.41. The van der Waals surface area contributed by atoms with E-state index in [1.165, 1.54) is 6.42 Å². The molecule has 0 spiro atoms. The van der Waals surface area contributed by atoms with Gasteiger partial charge >= 0.3 is 16.1 Å². The molecule has 2 saturated carbocycles. The van der Waals surface area contributed by atoms with E-state index >= 15 is 0 Å². The van der Waals surface area contributed by atoms with Crippen LogP contribution < -0.4 is 16.8 Å². The van der Waals surface area contributed by atoms with Crippen LogP contribution in [0.15, 0.2) is 34.7 Å². The molecule has 12 nitrogen and oxygen atoms in total. The molecular weight excluding hydrogens is 556 g/mol. The summed E-state index contributed by atoms with van der Waals surface area (Å²) >= 11 is 0.660. The number of nitrogens with two attached hydrogens (primary N) is 2. The largest absolute Gasteiger partial charge is 0.370 e. The van der Waals surface area contributed by atoms with Gasteiger partial charge in [-0.15, -0.1) is 10.2 Å². The van der Waals surface area contributed by atoms with Crippen LogP contribution in [0.4, 0.5) is 9.93 Å². The highest BCUT2D eigenvalue weighted by molar-refractivity contribution is 7.88. The molecule has 6 N–H and O–H groups in total. The van der Waals surface area contributed by atoms with E-state index in [0.717, 1.165) is 51.4 Å². The van der Waals surface area contributed by atoms with Crippen molar-refractivity contribution in [1.29, 1.82) is 0 Å². The average molecular weight is 597 g/mol. The normalized spacial score (nSPS) is 19.2. The Kier molecular flexibility index (Phi) is 13.4. The van der Waals surface area contributed by atoms with Crippen LogP contribution in [0, 0.1) is 5.92 Å². The molecule has 1 aromatic carbocycles. The first-order chi connectivity index (χ1) is 18.9. The number of amides is 4. The van der Waals surface area contributed by atoms with Crippen LogP contribution >= 0.6 is 11.3 Å². The molecule has 4 rings (SSSR count). The van der Waals surface area contributed by atoms with Crippen LogP contribution in [0.5, 0.6) is 0 Å². The van der Waals surface area contributed by atoms with E-state index < -0.39 is 14.5 Å². The number of anilines is 1. The Morgan fingerprint density at radius 1 is 0.975 bits per heavy atom. The van der Waals surface area contributed by atoms with Gasteiger partial charge in [0.25, 0.3) is 4.34 Å². The molecule has 0 bridgehead atoms. The molecule has 2 aliphatic carbocycles. The van der Waals surface area contributed by atoms with Gasteiger partial charge in [0.1, 0.15) is 0 Å². The Bertz CT molecular complexity index is 1190. The third-order valence-electron chi connectivity index (χ3n) is 6.83. The quantitative estimate of drug-likeness (QED) is 0.281. The number of carbonyl (C=O) groups is 3. The molecule has 40 heavy (non-hydrogen) atoms. The molecule has 2 aliphatic rings. The fourth-order valence-electron chi connectivity index (χ4n) is 4.63. The second-order valence-corrected chi connectivity index (χ2v) is 12.5. The number of rotatable bonds is 6. The molecule has 222 valence electrons. The number of hydrogen-bond acceptors (Lipinski definition) is 8. The summed E-state index contributed by atoms with van der Waals surface area (Å²) in [4.78, 5) is 35.0. The van der Waals surface area contributed by atoms with Crippen LogP contribution in [0.2, 0.25) is 0 Å². The summed E-state index contributed by atoms with van der Waals surface area (Å²) < 4.78 is 30.8. The number of benzene rings is 1. The van der Waals surface area contributed by atoms with Gasteiger partial charge in [0, 0.05) is 24.1 Å². The number of primary amides is 2. The maximum Gasteiger partial charge on any atom is 0.324 e. The molecule has 2 aromatic rings. The molecule has 0 atom stereocenters. The topological polar surface area (TPSA) is 199 Å². The second-order valence-electron chi connectivity index (χ2n) is 9.94. The lowest BCUT2D eigenvalue weighted by Crippen LogP contribution is -2.51. The summed E-state index contributed by atoms with van der Waals surface area (Å²) in [5.41, 5.74) is 10.2. The fourth-order valence-corrected chi connectivity index (χ4v) is 5.90. The van der Waals surface area contributed by atoms with Gasteiger partial charge in [-0.3, -0.25) is 19.5 Å². The Morgan fingerprint density at radius 2 is 1.52 bits per heavy atom. The summed E-state index contributed by atoms with van der Waals surface area (Å²) in [7, 11) is -4.41. The predicted octanol–water partition coefficient (Wildman–Crippen LogP) is 4.20. The van der Waals surface area contributed by atoms with Gasteiger partial charge < -0.3 is 16.4 Å². The molecule has 4 amide bonds. The molecule has 1 heterocycles. The van der Waals surface area contributed by atoms with Crippen molar-refractivity contribution in [3.05, 3.63) is 35.9 Å². The third-order valence-corrected chi connectivity index (χ3v) is 8.87. The van der Waals surface area contributed by atoms with Crippen molar-refractivity contribution in [2.75, 3.05) is 5.32 Å². The Labute approximate surface area is 239 Å². The second kappa shape index (κ2) is 16.2. The zero-order chi connectivity index (χ0) is 29.7. The van der Waals surface area contributed by atoms with Crippen molar-refractivity contribution in [1.82, 2.24) is 15.1 Å². The minimum absolute atomic E-state index is 0.0904. The Hall–Kier alpha value is -3.10. The molecule has 0 saturated heterocycles. The molecule has 14 heteroatoms. The smallest absolute Gasteiger partial charge is 0.324 e. The maximum absolute atomic E-state index is 13.0. The molecule has 0 aliphatic heterocycles. The van der Waals surface area contributed by atoms with Crippen molar-refractivity contribution in [3.8, 4) is 0 Å². The molecule has 0 radical (unpaired) electrons. The standard InChI is InChI=1S/C16H26N4O4S2.C7H7NO.C3H7NO/c1-11-7-9-13(10-8-11)20(12-5-3-2-4-6-12)15(21)17-14-18-19-16(25-14)26(22,23)24;8-7(9)6-4-2-1-3-5-6;1-2-3(4)5/h11-13H,2-10H2,1H3,(H,17,18,21)(H,22,23,24);1-5H,(H2,8,9);2H2,1H3,(H2,4,5). The van der Waals surface area contributed by atoms with Gasteiger partial charge in [0.2, 0.25) is 16.9 Å². The number of aromatic nitrogens is 2. The lowest BCUT2D eigenvalue weighted by atomic mass is 9.84. The number of nitrogens with one attached hydrogen (secondary N) is 1. The minimum Gasteiger partial charge on any atom is -0.370 e. The third kappa shape index (κ3) is 11.2. The first-order valence-electron chi connectivity index (χ1n) is 13.5. The van der Waals surface area contributed by atoms with Gasteiger partial charge in [-0.1, -0.05) is 62.6 Å². The molecule has 2 fully saturated rings. The van der Waals surface area contributed by atoms with E-state index in [1.54, 1.807) is 31.2 Å². The predicted molar refractivity (Wildman–Crippen MR) is 153 cm³/mol. The molecule has 1 aromatic heterocycles. The monoisotopic (exact) mass is 596 g/mol. The Morgan fingerprint density at radius 3 is 1.98 bits per heavy atom. The van der Waals surface area contributed by atoms with Crippen molar-refractivity contribution < 1.29 is 27.4 Å². The van der Waals surface area contributed by atoms with Gasteiger partial charge in [-0.05, 0) is 56.6 Å². The summed E-state index contributed by atoms with van der Waals surface area (Å²) in [6, 6.07) is 8.95. The van der Waals surface area contributed by atoms with E-state index in [1.807, 2.05) is 11.0 Å². The average Bonchev–Trinajstić information content (AvgIpc) is 3.41. The van der Waals surface area contributed by atoms with E-state index in [4.69, 9.17) is 10.3 Å². The fraction of sp³-hybridized carbons (Fsp3) is 0.577. The SMILES string of the molecule is CC1CCC(N(C(=O)Nc2nnc(S(=O)(=O)O)s2)C2CCCCC2)CC1.CCC(N)=O.NC(=O)c1ccccc1. The van der Waals surface area contributed by atoms with Crippen molar-refractivity contribution in [2.24, 2.45) is 17.4 Å². The summed E-state index contributed by atoms with van der Waals surface area (Å²) in [6.07, 6.45) is 10.2. The molecule has 0 unspecified atom stereocenters. The number of carbonyl (C=O) groups excluding carboxylic acids is 3. The van der Waals surface area contributed by atoms with Crippen LogP contribution in [-0.4, -0.2) is 58.0 Å². The number of nitrogens with zero attached hydrogens (tertiary/aromatic N) is 3. The zero-order valence-electron chi connectivity index (χ0n) is 23.0. The number of hydrogen-bond donors (Lipinski definition) is 4. The van der Waals surface area contributed by atoms with Gasteiger partial charge in [0.15, 0.2) is 0 Å². The van der Waals surface area contributed by atoms with Crippen molar-refractivity contribution >= 4 is 44.4 Å². The maximum atomic E-state index is 13.0. The van der Waals surface area contributed by atoms with E-state index in [2.05, 4.69) is 28.2 Å². The van der Waals surface area contributed by atoms with Crippen LogP contribution in [-0.2, 0) is 14.9 Å².